The van der Waals surface area contributed by atoms with Gasteiger partial charge in [0.05, 0.1) is 0 Å². The minimum Gasteiger partial charge on any atom is 0 e. The van der Waals surface area contributed by atoms with Crippen LogP contribution in [0.25, 0.3) is 0 Å². The second kappa shape index (κ2) is 9.90. The van der Waals surface area contributed by atoms with E-state index in [2.05, 4.69) is 0 Å². The summed E-state index contributed by atoms with van der Waals surface area (Å²) in [6.45, 7) is 0. The van der Waals surface area contributed by atoms with E-state index in [-0.39, 0.29) is 21.1 Å². The Morgan fingerprint density at radius 2 is 1.20 bits per heavy atom. The zero-order chi connectivity index (χ0) is 3.41. The standard InChI is InChI=1S/2Mo.S2.W/c;;1-2;/q2*+1;-2;. The van der Waals surface area contributed by atoms with E-state index in [0.29, 0.717) is 0 Å². The fourth-order valence-corrected chi connectivity index (χ4v) is 0. The van der Waals surface area contributed by atoms with Crippen LogP contribution in [0.1, 0.15) is 0 Å². The van der Waals surface area contributed by atoms with Crippen LogP contribution < -0.4 is 0 Å². The summed E-state index contributed by atoms with van der Waals surface area (Å²) in [7, 11) is 3.58. The molecule has 0 aromatic heterocycles. The van der Waals surface area contributed by atoms with Gasteiger partial charge in [-0.1, -0.05) is 0 Å². The Hall–Kier alpha value is 2.76. The van der Waals surface area contributed by atoms with E-state index in [1.54, 1.807) is 17.0 Å². The number of hydrogen-bond acceptors (Lipinski definition) is 2. The second-order valence-corrected chi connectivity index (χ2v) is 7.25. The van der Waals surface area contributed by atoms with Gasteiger partial charge in [0.25, 0.3) is 0 Å². The average Bonchev–Trinajstić information content (AvgIpc) is 1.37. The molecule has 0 N–H and O–H groups in total. The minimum absolute atomic E-state index is 0. The Morgan fingerprint density at radius 1 is 1.00 bits per heavy atom. The molecule has 0 atom stereocenters. The van der Waals surface area contributed by atoms with Gasteiger partial charge in [0, 0.05) is 21.1 Å². The first-order valence-corrected chi connectivity index (χ1v) is 7.42. The Labute approximate surface area is 73.9 Å². The predicted octanol–water partition coefficient (Wildman–Crippen LogP) is 1.29. The maximum absolute atomic E-state index is 2.01. The molecule has 0 aliphatic rings. The van der Waals surface area contributed by atoms with Gasteiger partial charge >= 0.3 is 54.1 Å². The first-order chi connectivity index (χ1) is 1.91. The van der Waals surface area contributed by atoms with Crippen molar-refractivity contribution >= 4 is 17.0 Å². The van der Waals surface area contributed by atoms with E-state index < -0.39 is 0 Å². The molecule has 0 aromatic rings. The van der Waals surface area contributed by atoms with Crippen LogP contribution in [0.2, 0.25) is 0 Å². The first kappa shape index (κ1) is 10.7. The number of hydrogen-bond donors (Lipinski definition) is 0. The van der Waals surface area contributed by atoms with Crippen molar-refractivity contribution in [2.24, 2.45) is 0 Å². The second-order valence-electron chi connectivity index (χ2n) is 0.136. The van der Waals surface area contributed by atoms with Crippen LogP contribution in [0.3, 0.4) is 0 Å². The van der Waals surface area contributed by atoms with E-state index in [1.807, 2.05) is 37.1 Å². The molecular formula is Mo2S2W. The Balaban J connectivity index is 0. The van der Waals surface area contributed by atoms with E-state index in [1.165, 1.54) is 0 Å². The summed E-state index contributed by atoms with van der Waals surface area (Å²) in [5.74, 6) is 0. The molecule has 0 heterocycles. The predicted molar refractivity (Wildman–Crippen MR) is 15.2 cm³/mol. The van der Waals surface area contributed by atoms with Crippen LogP contribution in [0.5, 0.6) is 0 Å². The van der Waals surface area contributed by atoms with Gasteiger partial charge in [0.15, 0.2) is 0 Å². The summed E-state index contributed by atoms with van der Waals surface area (Å²) in [6.07, 6.45) is 0. The molecule has 0 saturated heterocycles. The summed E-state index contributed by atoms with van der Waals surface area (Å²) in [5.41, 5.74) is 0. The molecule has 5 heavy (non-hydrogen) atoms. The van der Waals surface area contributed by atoms with E-state index >= 15 is 0 Å². The molecule has 0 aliphatic carbocycles. The van der Waals surface area contributed by atoms with Crippen molar-refractivity contribution < 1.29 is 58.1 Å². The summed E-state index contributed by atoms with van der Waals surface area (Å²) >= 11 is 4.01. The molecule has 0 spiro atoms. The van der Waals surface area contributed by atoms with E-state index in [0.717, 1.165) is 0 Å². The third-order valence-corrected chi connectivity index (χ3v) is 8.75. The van der Waals surface area contributed by atoms with Gasteiger partial charge in [0.2, 0.25) is 0 Å². The van der Waals surface area contributed by atoms with Crippen LogP contribution >= 0.6 is 17.0 Å². The molecule has 0 nitrogen and oxygen atoms in total. The quantitative estimate of drug-likeness (QED) is 0.446. The van der Waals surface area contributed by atoms with Crippen molar-refractivity contribution in [2.45, 2.75) is 0 Å². The summed E-state index contributed by atoms with van der Waals surface area (Å²) < 4.78 is 0. The normalized spacial score (nSPS) is 5.60. The SMILES string of the molecule is [Mo][S][S][Mo].[W]. The largest absolute Gasteiger partial charge is 0 e. The van der Waals surface area contributed by atoms with Crippen LogP contribution in [-0.2, 0) is 58.1 Å². The maximum atomic E-state index is 2.01. The van der Waals surface area contributed by atoms with Crippen LogP contribution in [0, 0.1) is 0 Å². The van der Waals surface area contributed by atoms with Crippen molar-refractivity contribution in [1.82, 2.24) is 0 Å². The molecule has 0 rings (SSSR count). The molecule has 30 valence electrons. The molecule has 0 aromatic carbocycles. The molecule has 0 radical (unpaired) electrons. The van der Waals surface area contributed by atoms with Gasteiger partial charge in [-0.05, 0) is 0 Å². The van der Waals surface area contributed by atoms with Gasteiger partial charge in [-0.3, -0.25) is 0 Å². The molecular weight excluding hydrogens is 440 g/mol. The van der Waals surface area contributed by atoms with Gasteiger partial charge < -0.3 is 0 Å². The average molecular weight is 440 g/mol. The van der Waals surface area contributed by atoms with Crippen molar-refractivity contribution in [3.8, 4) is 0 Å². The van der Waals surface area contributed by atoms with Gasteiger partial charge in [-0.2, -0.15) is 0 Å². The Kier molecular flexibility index (Phi) is 21.2. The summed E-state index contributed by atoms with van der Waals surface area (Å²) in [6, 6.07) is 0. The third-order valence-electron chi connectivity index (χ3n) is 0.0278. The molecule has 0 saturated carbocycles. The van der Waals surface area contributed by atoms with Crippen molar-refractivity contribution in [2.75, 3.05) is 0 Å². The fourth-order valence-electron chi connectivity index (χ4n) is 0. The van der Waals surface area contributed by atoms with Crippen LogP contribution in [0.15, 0.2) is 0 Å². The summed E-state index contributed by atoms with van der Waals surface area (Å²) in [4.78, 5) is 0. The van der Waals surface area contributed by atoms with E-state index in [9.17, 15) is 0 Å². The number of rotatable bonds is 1. The molecule has 0 unspecified atom stereocenters. The zero-order valence-electron chi connectivity index (χ0n) is 2.04. The minimum atomic E-state index is 0. The molecule has 5 heteroatoms. The topological polar surface area (TPSA) is 0 Å². The molecule has 0 bridgehead atoms. The van der Waals surface area contributed by atoms with Crippen molar-refractivity contribution in [3.05, 3.63) is 0 Å². The van der Waals surface area contributed by atoms with Crippen LogP contribution in [-0.4, -0.2) is 0 Å². The summed E-state index contributed by atoms with van der Waals surface area (Å²) in [5, 5.41) is 0. The Bertz CT molecular complexity index is 9.61. The smallest absolute Gasteiger partial charge is 0 e. The molecule has 0 aliphatic heterocycles. The maximum Gasteiger partial charge on any atom is 0 e. The first-order valence-electron chi connectivity index (χ1n) is 0.500. The molecule has 0 fully saturated rings. The molecule has 0 amide bonds. The third kappa shape index (κ3) is 10.8. The Morgan fingerprint density at radius 3 is 1.20 bits per heavy atom. The van der Waals surface area contributed by atoms with Gasteiger partial charge in [-0.25, -0.2) is 0 Å². The van der Waals surface area contributed by atoms with Gasteiger partial charge in [-0.15, -0.1) is 0 Å². The van der Waals surface area contributed by atoms with E-state index in [4.69, 9.17) is 0 Å². The van der Waals surface area contributed by atoms with Crippen molar-refractivity contribution in [3.63, 3.8) is 0 Å². The zero-order valence-corrected chi connectivity index (χ0v) is 10.6. The fraction of sp³-hybridized carbons (Fsp3) is 0. The van der Waals surface area contributed by atoms with Gasteiger partial charge in [0.1, 0.15) is 0 Å². The van der Waals surface area contributed by atoms with Crippen molar-refractivity contribution in [1.29, 1.82) is 0 Å². The monoisotopic (exact) mass is 444 g/mol. The van der Waals surface area contributed by atoms with Crippen LogP contribution in [0.4, 0.5) is 0 Å².